The molecule has 1 aliphatic heterocycles. The normalized spacial score (nSPS) is 48.6. The van der Waals surface area contributed by atoms with Crippen molar-refractivity contribution in [2.75, 3.05) is 20.3 Å². The van der Waals surface area contributed by atoms with Gasteiger partial charge in [0.05, 0.1) is 13.7 Å². The molecular weight excluding hydrogens is 348 g/mol. The molecule has 1 saturated heterocycles. The van der Waals surface area contributed by atoms with Crippen LogP contribution in [0.5, 0.6) is 0 Å². The van der Waals surface area contributed by atoms with Gasteiger partial charge < -0.3 is 14.2 Å². The number of hydrogen-bond donors (Lipinski definition) is 0. The Labute approximate surface area is 169 Å². The Hall–Kier alpha value is -1.22. The van der Waals surface area contributed by atoms with E-state index < -0.39 is 0 Å². The van der Waals surface area contributed by atoms with Gasteiger partial charge in [-0.05, 0) is 78.6 Å². The first-order valence-corrected chi connectivity index (χ1v) is 11.5. The summed E-state index contributed by atoms with van der Waals surface area (Å²) in [5.41, 5.74) is 4.52. The molecule has 6 atom stereocenters. The van der Waals surface area contributed by atoms with Crippen molar-refractivity contribution in [3.63, 3.8) is 0 Å². The minimum Gasteiger partial charge on any atom is -0.497 e. The zero-order valence-corrected chi connectivity index (χ0v) is 17.7. The second-order valence-corrected chi connectivity index (χ2v) is 10.3. The predicted molar refractivity (Wildman–Crippen MR) is 108 cm³/mol. The van der Waals surface area contributed by atoms with Crippen LogP contribution < -0.4 is 0 Å². The second-order valence-electron chi connectivity index (χ2n) is 10.3. The standard InChI is InChI=1S/C25H34O3/c1-4-24-9-11-25(12-10-24)18-6-5-16-15-19(26-3)21-22(28-14-13-27-21)20(16)17(18)7-8-23(24,25)2/h9,11,17-18,22H,4-8,10,12-15H2,1-3H3/t17-,18+,22?,23+,24-,25?/m0/s1. The molecule has 3 heteroatoms. The van der Waals surface area contributed by atoms with Crippen LogP contribution in [-0.4, -0.2) is 26.4 Å². The third-order valence-electron chi connectivity index (χ3n) is 10.2. The monoisotopic (exact) mass is 382 g/mol. The van der Waals surface area contributed by atoms with E-state index in [1.54, 1.807) is 18.3 Å². The Kier molecular flexibility index (Phi) is 3.58. The lowest BCUT2D eigenvalue weighted by atomic mass is 9.46. The minimum absolute atomic E-state index is 0.0173. The van der Waals surface area contributed by atoms with E-state index in [-0.39, 0.29) is 6.10 Å². The molecule has 28 heavy (non-hydrogen) atoms. The highest BCUT2D eigenvalue weighted by molar-refractivity contribution is 5.43. The number of hydrogen-bond acceptors (Lipinski definition) is 3. The Morgan fingerprint density at radius 3 is 2.79 bits per heavy atom. The third-order valence-corrected chi connectivity index (χ3v) is 10.2. The van der Waals surface area contributed by atoms with E-state index in [1.807, 2.05) is 0 Å². The molecule has 1 heterocycles. The number of ether oxygens (including phenoxy) is 3. The molecule has 0 amide bonds. The van der Waals surface area contributed by atoms with E-state index in [2.05, 4.69) is 26.0 Å². The van der Waals surface area contributed by atoms with Crippen molar-refractivity contribution < 1.29 is 14.2 Å². The van der Waals surface area contributed by atoms with Crippen LogP contribution in [0.15, 0.2) is 34.8 Å². The maximum Gasteiger partial charge on any atom is 0.167 e. The summed E-state index contributed by atoms with van der Waals surface area (Å²) in [4.78, 5) is 0. The lowest BCUT2D eigenvalue weighted by molar-refractivity contribution is -0.0752. The van der Waals surface area contributed by atoms with E-state index in [1.165, 1.54) is 44.9 Å². The molecule has 0 aromatic heterocycles. The van der Waals surface area contributed by atoms with Crippen molar-refractivity contribution in [3.8, 4) is 0 Å². The van der Waals surface area contributed by atoms with Gasteiger partial charge in [-0.2, -0.15) is 0 Å². The fraction of sp³-hybridized carbons (Fsp3) is 0.760. The molecule has 0 radical (unpaired) electrons. The molecule has 0 aromatic carbocycles. The average Bonchev–Trinajstić information content (AvgIpc) is 3.16. The van der Waals surface area contributed by atoms with Crippen molar-refractivity contribution in [1.82, 2.24) is 0 Å². The van der Waals surface area contributed by atoms with Crippen LogP contribution >= 0.6 is 0 Å². The molecule has 5 aliphatic carbocycles. The van der Waals surface area contributed by atoms with E-state index >= 15 is 0 Å². The molecule has 0 N–H and O–H groups in total. The number of fused-ring (bicyclic) bond motifs is 4. The summed E-state index contributed by atoms with van der Waals surface area (Å²) in [6, 6.07) is 0. The molecule has 2 saturated carbocycles. The molecule has 3 fully saturated rings. The van der Waals surface area contributed by atoms with Gasteiger partial charge in [-0.15, -0.1) is 0 Å². The van der Waals surface area contributed by atoms with Crippen LogP contribution in [0.3, 0.4) is 0 Å². The van der Waals surface area contributed by atoms with Gasteiger partial charge >= 0.3 is 0 Å². The van der Waals surface area contributed by atoms with Crippen LogP contribution in [0, 0.1) is 28.1 Å². The van der Waals surface area contributed by atoms with Gasteiger partial charge in [0, 0.05) is 6.42 Å². The van der Waals surface area contributed by atoms with Gasteiger partial charge in [0.15, 0.2) is 5.76 Å². The fourth-order valence-electron chi connectivity index (χ4n) is 8.69. The van der Waals surface area contributed by atoms with Gasteiger partial charge in [-0.25, -0.2) is 0 Å². The van der Waals surface area contributed by atoms with Gasteiger partial charge in [0.2, 0.25) is 0 Å². The molecule has 0 spiro atoms. The zero-order chi connectivity index (χ0) is 19.1. The Morgan fingerprint density at radius 1 is 1.14 bits per heavy atom. The number of allylic oxidation sites excluding steroid dienone is 3. The highest BCUT2D eigenvalue weighted by Crippen LogP contribution is 2.78. The summed E-state index contributed by atoms with van der Waals surface area (Å²) >= 11 is 0. The van der Waals surface area contributed by atoms with Crippen LogP contribution in [0.2, 0.25) is 0 Å². The zero-order valence-electron chi connectivity index (χ0n) is 17.7. The summed E-state index contributed by atoms with van der Waals surface area (Å²) < 4.78 is 18.2. The Bertz CT molecular complexity index is 807. The first-order chi connectivity index (χ1) is 13.6. The summed E-state index contributed by atoms with van der Waals surface area (Å²) in [6.45, 7) is 6.40. The third kappa shape index (κ3) is 1.82. The molecular formula is C25H34O3. The molecule has 0 aromatic rings. The largest absolute Gasteiger partial charge is 0.497 e. The van der Waals surface area contributed by atoms with E-state index in [0.717, 1.165) is 23.9 Å². The van der Waals surface area contributed by atoms with Crippen molar-refractivity contribution in [1.29, 1.82) is 0 Å². The van der Waals surface area contributed by atoms with Gasteiger partial charge in [-0.1, -0.05) is 31.6 Å². The lowest BCUT2D eigenvalue weighted by Gasteiger charge is -2.59. The van der Waals surface area contributed by atoms with Crippen LogP contribution in [-0.2, 0) is 14.2 Å². The number of methoxy groups -OCH3 is 1. The molecule has 6 rings (SSSR count). The molecule has 3 nitrogen and oxygen atoms in total. The molecule has 152 valence electrons. The molecule has 6 aliphatic rings. The Balaban J connectivity index is 1.42. The summed E-state index contributed by atoms with van der Waals surface area (Å²) in [7, 11) is 1.78. The predicted octanol–water partition coefficient (Wildman–Crippen LogP) is 5.53. The van der Waals surface area contributed by atoms with Gasteiger partial charge in [0.1, 0.15) is 18.5 Å². The smallest absolute Gasteiger partial charge is 0.167 e. The van der Waals surface area contributed by atoms with E-state index in [9.17, 15) is 0 Å². The van der Waals surface area contributed by atoms with Crippen molar-refractivity contribution in [2.45, 2.75) is 71.3 Å². The van der Waals surface area contributed by atoms with Crippen molar-refractivity contribution in [3.05, 3.63) is 34.8 Å². The summed E-state index contributed by atoms with van der Waals surface area (Å²) in [6.07, 6.45) is 15.6. The van der Waals surface area contributed by atoms with E-state index in [0.29, 0.717) is 35.4 Å². The van der Waals surface area contributed by atoms with Crippen molar-refractivity contribution >= 4 is 0 Å². The quantitative estimate of drug-likeness (QED) is 0.588. The Morgan fingerprint density at radius 2 is 2.04 bits per heavy atom. The topological polar surface area (TPSA) is 27.7 Å². The van der Waals surface area contributed by atoms with Crippen LogP contribution in [0.25, 0.3) is 0 Å². The SMILES string of the molecule is CC[C@]12C=CC3(CC1)[C@@H]1CCC4=C(C5OCCOC5=C(OC)C4)[C@H]1CC[C@@]32C. The highest BCUT2D eigenvalue weighted by Gasteiger charge is 2.70. The molecule has 2 bridgehead atoms. The first-order valence-electron chi connectivity index (χ1n) is 11.5. The van der Waals surface area contributed by atoms with Crippen molar-refractivity contribution in [2.24, 2.45) is 28.1 Å². The summed E-state index contributed by atoms with van der Waals surface area (Å²) in [5.74, 6) is 3.42. The first kappa shape index (κ1) is 17.6. The minimum atomic E-state index is 0.0173. The number of rotatable bonds is 2. The van der Waals surface area contributed by atoms with Gasteiger partial charge in [-0.3, -0.25) is 0 Å². The highest BCUT2D eigenvalue weighted by atomic mass is 16.6. The van der Waals surface area contributed by atoms with E-state index in [4.69, 9.17) is 14.2 Å². The van der Waals surface area contributed by atoms with Gasteiger partial charge in [0.25, 0.3) is 0 Å². The maximum absolute atomic E-state index is 6.35. The lowest BCUT2D eigenvalue weighted by Crippen LogP contribution is -2.52. The second kappa shape index (κ2) is 5.68. The summed E-state index contributed by atoms with van der Waals surface area (Å²) in [5, 5.41) is 0. The fourth-order valence-corrected chi connectivity index (χ4v) is 8.69. The average molecular weight is 383 g/mol. The molecule has 2 unspecified atom stereocenters. The van der Waals surface area contributed by atoms with Crippen LogP contribution in [0.1, 0.15) is 65.2 Å². The maximum atomic E-state index is 6.35. The van der Waals surface area contributed by atoms with Crippen LogP contribution in [0.4, 0.5) is 0 Å².